The van der Waals surface area contributed by atoms with E-state index in [9.17, 15) is 4.79 Å². The van der Waals surface area contributed by atoms with Gasteiger partial charge in [0.2, 0.25) is 0 Å². The Bertz CT molecular complexity index is 385. The highest BCUT2D eigenvalue weighted by molar-refractivity contribution is 5.96. The Morgan fingerprint density at radius 2 is 2.14 bits per heavy atom. The van der Waals surface area contributed by atoms with Gasteiger partial charge >= 0.3 is 0 Å². The first-order valence-corrected chi connectivity index (χ1v) is 4.45. The largest absolute Gasteiger partial charge is 0.281 e. The minimum absolute atomic E-state index is 0.114. The maximum Gasteiger partial charge on any atom is 0.281 e. The monoisotopic (exact) mass is 189 g/mol. The molecule has 0 aromatic heterocycles. The van der Waals surface area contributed by atoms with E-state index in [4.69, 9.17) is 4.84 Å². The summed E-state index contributed by atoms with van der Waals surface area (Å²) in [5.41, 5.74) is 1.74. The van der Waals surface area contributed by atoms with Crippen LogP contribution in [0.25, 0.3) is 0 Å². The molecular weight excluding hydrogens is 178 g/mol. The molecule has 1 aromatic rings. The van der Waals surface area contributed by atoms with Crippen molar-refractivity contribution in [3.8, 4) is 0 Å². The lowest BCUT2D eigenvalue weighted by Gasteiger charge is -2.13. The maximum absolute atomic E-state index is 11.8. The number of hydrogen-bond acceptors (Lipinski definition) is 2. The Morgan fingerprint density at radius 3 is 2.93 bits per heavy atom. The van der Waals surface area contributed by atoms with Crippen LogP contribution in [-0.2, 0) is 11.3 Å². The molecule has 1 aliphatic rings. The number of carbonyl (C=O) groups excluding carboxylic acids is 1. The number of hydrogen-bond donors (Lipinski definition) is 0. The van der Waals surface area contributed by atoms with Crippen molar-refractivity contribution in [2.75, 3.05) is 7.11 Å². The van der Waals surface area contributed by atoms with Crippen molar-refractivity contribution in [2.45, 2.75) is 6.42 Å². The summed E-state index contributed by atoms with van der Waals surface area (Å²) in [4.78, 5) is 16.8. The molecule has 1 heterocycles. The van der Waals surface area contributed by atoms with E-state index in [0.717, 1.165) is 12.0 Å². The summed E-state index contributed by atoms with van der Waals surface area (Å²) in [5, 5.41) is 1.24. The molecule has 0 aliphatic carbocycles. The van der Waals surface area contributed by atoms with Crippen molar-refractivity contribution in [3.05, 3.63) is 47.7 Å². The van der Waals surface area contributed by atoms with Crippen molar-refractivity contribution >= 4 is 5.91 Å². The Morgan fingerprint density at radius 1 is 1.36 bits per heavy atom. The summed E-state index contributed by atoms with van der Waals surface area (Å²) in [6, 6.07) is 7.56. The van der Waals surface area contributed by atoms with Crippen molar-refractivity contribution in [2.24, 2.45) is 0 Å². The van der Waals surface area contributed by atoms with Gasteiger partial charge in [-0.15, -0.1) is 0 Å². The van der Waals surface area contributed by atoms with Crippen LogP contribution in [-0.4, -0.2) is 18.1 Å². The molecule has 14 heavy (non-hydrogen) atoms. The fraction of sp³-hybridized carbons (Fsp3) is 0.182. The van der Waals surface area contributed by atoms with Gasteiger partial charge in [-0.3, -0.25) is 9.63 Å². The maximum atomic E-state index is 11.8. The normalized spacial score (nSPS) is 15.2. The molecule has 1 amide bonds. The van der Waals surface area contributed by atoms with Gasteiger partial charge in [0, 0.05) is 11.8 Å². The third kappa shape index (κ3) is 1.42. The van der Waals surface area contributed by atoms with E-state index in [0.29, 0.717) is 5.56 Å². The average Bonchev–Trinajstić information content (AvgIpc) is 2.39. The van der Waals surface area contributed by atoms with Crippen LogP contribution in [0.3, 0.4) is 0 Å². The van der Waals surface area contributed by atoms with Crippen molar-refractivity contribution in [1.29, 1.82) is 0 Å². The van der Waals surface area contributed by atoms with Crippen molar-refractivity contribution < 1.29 is 9.63 Å². The number of allylic oxidation sites excluding steroid dienone is 1. The first-order chi connectivity index (χ1) is 6.83. The summed E-state index contributed by atoms with van der Waals surface area (Å²) in [6.07, 6.45) is 4.33. The molecule has 2 rings (SSSR count). The molecular formula is C11H11NO2. The van der Waals surface area contributed by atoms with Gasteiger partial charge in [0.25, 0.3) is 5.91 Å². The number of carbonyl (C=O) groups is 1. The smallest absolute Gasteiger partial charge is 0.270 e. The van der Waals surface area contributed by atoms with Crippen LogP contribution >= 0.6 is 0 Å². The second kappa shape index (κ2) is 3.64. The van der Waals surface area contributed by atoms with E-state index in [1.807, 2.05) is 30.3 Å². The molecule has 1 aliphatic heterocycles. The number of amides is 1. The minimum atomic E-state index is -0.114. The summed E-state index contributed by atoms with van der Waals surface area (Å²) < 4.78 is 0. The third-order valence-corrected chi connectivity index (χ3v) is 2.22. The lowest BCUT2D eigenvalue weighted by molar-refractivity contribution is -0.0583. The van der Waals surface area contributed by atoms with E-state index >= 15 is 0 Å². The SMILES string of the molecule is CON1C=CCc2ccccc2C1=O. The van der Waals surface area contributed by atoms with Gasteiger partial charge in [0.1, 0.15) is 0 Å². The average molecular weight is 189 g/mol. The fourth-order valence-electron chi connectivity index (χ4n) is 1.51. The predicted molar refractivity (Wildman–Crippen MR) is 52.5 cm³/mol. The summed E-state index contributed by atoms with van der Waals surface area (Å²) in [7, 11) is 1.48. The van der Waals surface area contributed by atoms with Crippen LogP contribution in [0, 0.1) is 0 Å². The van der Waals surface area contributed by atoms with Crippen molar-refractivity contribution in [1.82, 2.24) is 5.06 Å². The number of fused-ring (bicyclic) bond motifs is 1. The molecule has 3 nitrogen and oxygen atoms in total. The molecule has 0 unspecified atom stereocenters. The summed E-state index contributed by atoms with van der Waals surface area (Å²) >= 11 is 0. The number of rotatable bonds is 1. The molecule has 0 N–H and O–H groups in total. The quantitative estimate of drug-likeness (QED) is 0.673. The van der Waals surface area contributed by atoms with Crippen LogP contribution in [0.15, 0.2) is 36.5 Å². The molecule has 0 spiro atoms. The highest BCUT2D eigenvalue weighted by Gasteiger charge is 2.18. The molecule has 0 fully saturated rings. The summed E-state index contributed by atoms with van der Waals surface area (Å²) in [6.45, 7) is 0. The molecule has 72 valence electrons. The van der Waals surface area contributed by atoms with Gasteiger partial charge in [-0.2, -0.15) is 5.06 Å². The fourth-order valence-corrected chi connectivity index (χ4v) is 1.51. The summed E-state index contributed by atoms with van der Waals surface area (Å²) in [5.74, 6) is -0.114. The zero-order chi connectivity index (χ0) is 9.97. The highest BCUT2D eigenvalue weighted by Crippen LogP contribution is 2.16. The lowest BCUT2D eigenvalue weighted by Crippen LogP contribution is -2.24. The van der Waals surface area contributed by atoms with Gasteiger partial charge in [-0.1, -0.05) is 24.3 Å². The lowest BCUT2D eigenvalue weighted by atomic mass is 10.1. The second-order valence-corrected chi connectivity index (χ2v) is 3.06. The molecule has 0 bridgehead atoms. The second-order valence-electron chi connectivity index (χ2n) is 3.06. The molecule has 0 saturated heterocycles. The van der Waals surface area contributed by atoms with E-state index < -0.39 is 0 Å². The molecule has 1 aromatic carbocycles. The molecule has 0 atom stereocenters. The van der Waals surface area contributed by atoms with E-state index in [1.54, 1.807) is 6.20 Å². The number of hydroxylamine groups is 2. The van der Waals surface area contributed by atoms with Crippen LogP contribution < -0.4 is 0 Å². The van der Waals surface area contributed by atoms with E-state index in [-0.39, 0.29) is 5.91 Å². The van der Waals surface area contributed by atoms with Crippen molar-refractivity contribution in [3.63, 3.8) is 0 Å². The first kappa shape index (κ1) is 8.97. The Hall–Kier alpha value is -1.61. The van der Waals surface area contributed by atoms with Crippen LogP contribution in [0.4, 0.5) is 0 Å². The van der Waals surface area contributed by atoms with Gasteiger partial charge in [0.15, 0.2) is 0 Å². The molecule has 3 heteroatoms. The van der Waals surface area contributed by atoms with E-state index in [1.165, 1.54) is 12.2 Å². The predicted octanol–water partition coefficient (Wildman–Crippen LogP) is 1.76. The van der Waals surface area contributed by atoms with Gasteiger partial charge in [0.05, 0.1) is 7.11 Å². The number of nitrogens with zero attached hydrogens (tertiary/aromatic N) is 1. The van der Waals surface area contributed by atoms with Crippen LogP contribution in [0.2, 0.25) is 0 Å². The van der Waals surface area contributed by atoms with Crippen LogP contribution in [0.5, 0.6) is 0 Å². The van der Waals surface area contributed by atoms with E-state index in [2.05, 4.69) is 0 Å². The van der Waals surface area contributed by atoms with Gasteiger partial charge in [-0.05, 0) is 18.1 Å². The van der Waals surface area contributed by atoms with Gasteiger partial charge in [-0.25, -0.2) is 0 Å². The minimum Gasteiger partial charge on any atom is -0.270 e. The molecule has 0 radical (unpaired) electrons. The van der Waals surface area contributed by atoms with Gasteiger partial charge < -0.3 is 0 Å². The Labute approximate surface area is 82.5 Å². The topological polar surface area (TPSA) is 29.5 Å². The highest BCUT2D eigenvalue weighted by atomic mass is 16.7. The standard InChI is InChI=1S/C11H11NO2/c1-14-12-8-4-6-9-5-2-3-7-10(9)11(12)13/h2-5,7-8H,6H2,1H3. The Balaban J connectivity index is 2.46. The molecule has 0 saturated carbocycles. The third-order valence-electron chi connectivity index (χ3n) is 2.22. The zero-order valence-corrected chi connectivity index (χ0v) is 7.93. The number of benzene rings is 1. The Kier molecular flexibility index (Phi) is 2.33. The first-order valence-electron chi connectivity index (χ1n) is 4.45. The zero-order valence-electron chi connectivity index (χ0n) is 7.93. The van der Waals surface area contributed by atoms with Crippen LogP contribution in [0.1, 0.15) is 15.9 Å².